The number of aromatic carboxylic acids is 1. The molecule has 19 heavy (non-hydrogen) atoms. The van der Waals surface area contributed by atoms with E-state index in [1.807, 2.05) is 0 Å². The SMILES string of the molecule is O=C(O)c1ccc(-c2nc(-c3ccoc3)no2)cc1. The van der Waals surface area contributed by atoms with Gasteiger partial charge in [0.1, 0.15) is 6.26 Å². The van der Waals surface area contributed by atoms with Crippen LogP contribution in [0.25, 0.3) is 22.8 Å². The normalized spacial score (nSPS) is 10.5. The maximum Gasteiger partial charge on any atom is 0.335 e. The summed E-state index contributed by atoms with van der Waals surface area (Å²) in [6.45, 7) is 0. The Morgan fingerprint density at radius 3 is 2.53 bits per heavy atom. The highest BCUT2D eigenvalue weighted by Gasteiger charge is 2.12. The first-order valence-electron chi connectivity index (χ1n) is 5.44. The minimum atomic E-state index is -0.976. The third-order valence-electron chi connectivity index (χ3n) is 2.58. The summed E-state index contributed by atoms with van der Waals surface area (Å²) in [5, 5.41) is 12.6. The molecule has 2 heterocycles. The highest BCUT2D eigenvalue weighted by Crippen LogP contribution is 2.22. The Labute approximate surface area is 107 Å². The molecule has 0 spiro atoms. The zero-order valence-corrected chi connectivity index (χ0v) is 9.61. The lowest BCUT2D eigenvalue weighted by molar-refractivity contribution is 0.0697. The van der Waals surface area contributed by atoms with Gasteiger partial charge in [0, 0.05) is 5.56 Å². The van der Waals surface area contributed by atoms with Gasteiger partial charge in [-0.3, -0.25) is 0 Å². The Morgan fingerprint density at radius 2 is 1.89 bits per heavy atom. The molecule has 1 N–H and O–H groups in total. The van der Waals surface area contributed by atoms with Gasteiger partial charge in [0.15, 0.2) is 0 Å². The Hall–Kier alpha value is -2.89. The summed E-state index contributed by atoms with van der Waals surface area (Å²) in [7, 11) is 0. The molecule has 3 rings (SSSR count). The van der Waals surface area contributed by atoms with E-state index in [0.717, 1.165) is 5.56 Å². The maximum absolute atomic E-state index is 10.7. The summed E-state index contributed by atoms with van der Waals surface area (Å²) in [4.78, 5) is 15.0. The van der Waals surface area contributed by atoms with Crippen LogP contribution in [0.3, 0.4) is 0 Å². The van der Waals surface area contributed by atoms with Crippen LogP contribution in [0.5, 0.6) is 0 Å². The van der Waals surface area contributed by atoms with Gasteiger partial charge in [-0.1, -0.05) is 5.16 Å². The van der Waals surface area contributed by atoms with Crippen molar-refractivity contribution in [1.29, 1.82) is 0 Å². The number of carboxylic acid groups (broad SMARTS) is 1. The second-order valence-electron chi connectivity index (χ2n) is 3.82. The fourth-order valence-electron chi connectivity index (χ4n) is 1.61. The molecule has 6 nitrogen and oxygen atoms in total. The second kappa shape index (κ2) is 4.41. The summed E-state index contributed by atoms with van der Waals surface area (Å²) in [6, 6.07) is 7.94. The number of carbonyl (C=O) groups is 1. The molecule has 6 heteroatoms. The van der Waals surface area contributed by atoms with E-state index >= 15 is 0 Å². The number of nitrogens with zero attached hydrogens (tertiary/aromatic N) is 2. The number of hydrogen-bond acceptors (Lipinski definition) is 5. The Morgan fingerprint density at radius 1 is 1.11 bits per heavy atom. The molecule has 0 bridgehead atoms. The van der Waals surface area contributed by atoms with Crippen molar-refractivity contribution in [3.8, 4) is 22.8 Å². The summed E-state index contributed by atoms with van der Waals surface area (Å²) >= 11 is 0. The van der Waals surface area contributed by atoms with Gasteiger partial charge in [-0.25, -0.2) is 4.79 Å². The fraction of sp³-hybridized carbons (Fsp3) is 0. The molecule has 2 aromatic heterocycles. The van der Waals surface area contributed by atoms with Crippen molar-refractivity contribution in [2.75, 3.05) is 0 Å². The van der Waals surface area contributed by atoms with Gasteiger partial charge in [-0.05, 0) is 30.3 Å². The fourth-order valence-corrected chi connectivity index (χ4v) is 1.61. The second-order valence-corrected chi connectivity index (χ2v) is 3.82. The van der Waals surface area contributed by atoms with E-state index in [1.54, 1.807) is 18.2 Å². The van der Waals surface area contributed by atoms with Gasteiger partial charge in [0.25, 0.3) is 5.89 Å². The Balaban J connectivity index is 1.92. The van der Waals surface area contributed by atoms with Crippen LogP contribution in [0.15, 0.2) is 51.8 Å². The van der Waals surface area contributed by atoms with E-state index in [-0.39, 0.29) is 5.56 Å². The van der Waals surface area contributed by atoms with Gasteiger partial charge >= 0.3 is 5.97 Å². The summed E-state index contributed by atoms with van der Waals surface area (Å²) < 4.78 is 10.1. The van der Waals surface area contributed by atoms with E-state index in [9.17, 15) is 4.79 Å². The topological polar surface area (TPSA) is 89.4 Å². The quantitative estimate of drug-likeness (QED) is 0.774. The summed E-state index contributed by atoms with van der Waals surface area (Å²) in [5.74, 6) is -0.227. The number of aromatic nitrogens is 2. The molecule has 1 aromatic carbocycles. The van der Waals surface area contributed by atoms with Crippen LogP contribution in [0.2, 0.25) is 0 Å². The predicted octanol–water partition coefficient (Wildman–Crippen LogP) is 2.69. The smallest absolute Gasteiger partial charge is 0.335 e. The first kappa shape index (κ1) is 11.2. The largest absolute Gasteiger partial charge is 0.478 e. The molecular formula is C13H8N2O4. The van der Waals surface area contributed by atoms with Crippen molar-refractivity contribution in [1.82, 2.24) is 10.1 Å². The van der Waals surface area contributed by atoms with Crippen molar-refractivity contribution < 1.29 is 18.8 Å². The van der Waals surface area contributed by atoms with Crippen LogP contribution >= 0.6 is 0 Å². The average molecular weight is 256 g/mol. The van der Waals surface area contributed by atoms with E-state index in [0.29, 0.717) is 17.3 Å². The van der Waals surface area contributed by atoms with Crippen molar-refractivity contribution >= 4 is 5.97 Å². The van der Waals surface area contributed by atoms with Crippen molar-refractivity contribution in [2.24, 2.45) is 0 Å². The molecule has 94 valence electrons. The molecule has 0 saturated heterocycles. The Bertz CT molecular complexity index is 699. The number of furan rings is 1. The van der Waals surface area contributed by atoms with Gasteiger partial charge < -0.3 is 14.0 Å². The number of rotatable bonds is 3. The molecular weight excluding hydrogens is 248 g/mol. The third kappa shape index (κ3) is 2.11. The van der Waals surface area contributed by atoms with Gasteiger partial charge in [-0.15, -0.1) is 0 Å². The average Bonchev–Trinajstić information content (AvgIpc) is 3.10. The monoisotopic (exact) mass is 256 g/mol. The lowest BCUT2D eigenvalue weighted by Gasteiger charge is -1.95. The zero-order valence-electron chi connectivity index (χ0n) is 9.61. The Kier molecular flexibility index (Phi) is 2.60. The van der Waals surface area contributed by atoms with Crippen LogP contribution in [0.4, 0.5) is 0 Å². The van der Waals surface area contributed by atoms with E-state index in [4.69, 9.17) is 14.0 Å². The highest BCUT2D eigenvalue weighted by molar-refractivity contribution is 5.88. The van der Waals surface area contributed by atoms with Crippen molar-refractivity contribution in [2.45, 2.75) is 0 Å². The number of benzene rings is 1. The maximum atomic E-state index is 10.7. The lowest BCUT2D eigenvalue weighted by atomic mass is 10.1. The predicted molar refractivity (Wildman–Crippen MR) is 64.4 cm³/mol. The van der Waals surface area contributed by atoms with Crippen LogP contribution in [0.1, 0.15) is 10.4 Å². The summed E-state index contributed by atoms with van der Waals surface area (Å²) in [5.41, 5.74) is 1.59. The molecule has 0 aliphatic rings. The number of carboxylic acids is 1. The summed E-state index contributed by atoms with van der Waals surface area (Å²) in [6.07, 6.45) is 3.04. The van der Waals surface area contributed by atoms with Crippen LogP contribution in [-0.2, 0) is 0 Å². The first-order valence-corrected chi connectivity index (χ1v) is 5.44. The molecule has 3 aromatic rings. The van der Waals surface area contributed by atoms with Gasteiger partial charge in [0.2, 0.25) is 5.82 Å². The highest BCUT2D eigenvalue weighted by atomic mass is 16.5. The molecule has 0 atom stereocenters. The third-order valence-corrected chi connectivity index (χ3v) is 2.58. The lowest BCUT2D eigenvalue weighted by Crippen LogP contribution is -1.94. The van der Waals surface area contributed by atoms with Gasteiger partial charge in [0.05, 0.1) is 17.4 Å². The molecule has 0 saturated carbocycles. The van der Waals surface area contributed by atoms with Crippen molar-refractivity contribution in [3.05, 3.63) is 48.4 Å². The van der Waals surface area contributed by atoms with Crippen molar-refractivity contribution in [3.63, 3.8) is 0 Å². The molecule has 0 aliphatic carbocycles. The van der Waals surface area contributed by atoms with E-state index < -0.39 is 5.97 Å². The van der Waals surface area contributed by atoms with E-state index in [2.05, 4.69) is 10.1 Å². The first-order chi connectivity index (χ1) is 9.24. The molecule has 0 fully saturated rings. The van der Waals surface area contributed by atoms with Crippen LogP contribution in [0, 0.1) is 0 Å². The van der Waals surface area contributed by atoms with Gasteiger partial charge in [-0.2, -0.15) is 4.98 Å². The molecule has 0 aliphatic heterocycles. The molecule has 0 unspecified atom stereocenters. The molecule has 0 radical (unpaired) electrons. The van der Waals surface area contributed by atoms with Crippen LogP contribution in [-0.4, -0.2) is 21.2 Å². The minimum absolute atomic E-state index is 0.207. The molecule has 0 amide bonds. The van der Waals surface area contributed by atoms with E-state index in [1.165, 1.54) is 24.7 Å². The van der Waals surface area contributed by atoms with Crippen LogP contribution < -0.4 is 0 Å². The minimum Gasteiger partial charge on any atom is -0.478 e. The zero-order chi connectivity index (χ0) is 13.2. The standard InChI is InChI=1S/C13H8N2O4/c16-13(17)9-3-1-8(2-4-9)12-14-11(15-19-12)10-5-6-18-7-10/h1-7H,(H,16,17). The number of hydrogen-bond donors (Lipinski definition) is 1.